The number of esters is 2. The van der Waals surface area contributed by atoms with E-state index in [9.17, 15) is 14.4 Å². The van der Waals surface area contributed by atoms with Gasteiger partial charge in [-0.3, -0.25) is 4.79 Å². The molecule has 2 N–H and O–H groups in total. The van der Waals surface area contributed by atoms with Gasteiger partial charge in [0, 0.05) is 5.56 Å². The highest BCUT2D eigenvalue weighted by atomic mass is 32.1. The van der Waals surface area contributed by atoms with Crippen LogP contribution < -0.4 is 10.2 Å². The Balaban J connectivity index is 2.10. The van der Waals surface area contributed by atoms with E-state index in [-0.39, 0.29) is 22.9 Å². The maximum absolute atomic E-state index is 12.5. The van der Waals surface area contributed by atoms with Gasteiger partial charge in [0.2, 0.25) is 0 Å². The van der Waals surface area contributed by atoms with E-state index in [2.05, 4.69) is 36.5 Å². The normalized spacial score (nSPS) is 11.6. The molecule has 0 aliphatic carbocycles. The monoisotopic (exact) mass is 419 g/mol. The number of carbonyl (C=O) groups excluding carboxylic acids is 3. The third-order valence-corrected chi connectivity index (χ3v) is 5.75. The Morgan fingerprint density at radius 1 is 1.03 bits per heavy atom. The Morgan fingerprint density at radius 2 is 1.62 bits per heavy atom. The first-order valence-electron chi connectivity index (χ1n) is 9.29. The average Bonchev–Trinajstić information content (AvgIpc) is 3.02. The predicted molar refractivity (Wildman–Crippen MR) is 112 cm³/mol. The van der Waals surface area contributed by atoms with Crippen molar-refractivity contribution in [3.63, 3.8) is 0 Å². The van der Waals surface area contributed by atoms with E-state index in [1.54, 1.807) is 6.92 Å². The molecule has 0 bridgehead atoms. The van der Waals surface area contributed by atoms with Crippen molar-refractivity contribution in [3.8, 4) is 0 Å². The van der Waals surface area contributed by atoms with Crippen LogP contribution >= 0.6 is 11.3 Å². The average molecular weight is 420 g/mol. The summed E-state index contributed by atoms with van der Waals surface area (Å²) in [5.74, 6) is -1.42. The highest BCUT2D eigenvalue weighted by molar-refractivity contribution is 7.18. The van der Waals surface area contributed by atoms with Crippen molar-refractivity contribution in [2.75, 3.05) is 33.1 Å². The number of methoxy groups -OCH3 is 2. The van der Waals surface area contributed by atoms with Crippen LogP contribution in [0.4, 0.5) is 5.00 Å². The van der Waals surface area contributed by atoms with Gasteiger partial charge < -0.3 is 19.7 Å². The summed E-state index contributed by atoms with van der Waals surface area (Å²) in [4.78, 5) is 37.9. The molecule has 0 radical (unpaired) electrons. The first-order valence-corrected chi connectivity index (χ1v) is 10.1. The lowest BCUT2D eigenvalue weighted by Gasteiger charge is -2.14. The van der Waals surface area contributed by atoms with E-state index in [0.29, 0.717) is 17.1 Å². The number of amides is 1. The summed E-state index contributed by atoms with van der Waals surface area (Å²) in [6.07, 6.45) is 0.988. The maximum atomic E-state index is 12.5. The van der Waals surface area contributed by atoms with E-state index in [0.717, 1.165) is 28.2 Å². The Kier molecular flexibility index (Phi) is 7.92. The topological polar surface area (TPSA) is 86.1 Å². The number of ether oxygens (including phenoxy) is 2. The quantitative estimate of drug-likeness (QED) is 0.638. The van der Waals surface area contributed by atoms with Crippen LogP contribution in [0.5, 0.6) is 0 Å². The number of rotatable bonds is 8. The third-order valence-electron chi connectivity index (χ3n) is 4.56. The van der Waals surface area contributed by atoms with Crippen LogP contribution in [-0.4, -0.2) is 45.7 Å². The van der Waals surface area contributed by atoms with Gasteiger partial charge >= 0.3 is 11.9 Å². The number of hydrogen-bond donors (Lipinski definition) is 2. The number of carbonyl (C=O) groups is 3. The van der Waals surface area contributed by atoms with Gasteiger partial charge in [0.1, 0.15) is 16.4 Å². The molecule has 156 valence electrons. The van der Waals surface area contributed by atoms with E-state index in [1.807, 2.05) is 7.05 Å². The number of nitrogens with one attached hydrogen (secondary N) is 2. The lowest BCUT2D eigenvalue weighted by atomic mass is 10.1. The SMILES string of the molecule is CCc1ccc(C[NH+](C)CC(=O)Nc2sc(C(=O)OC)c(C)c2C(=O)OC)cc1. The molecule has 0 saturated heterocycles. The van der Waals surface area contributed by atoms with Crippen LogP contribution in [0.25, 0.3) is 0 Å². The van der Waals surface area contributed by atoms with Gasteiger partial charge in [-0.1, -0.05) is 31.2 Å². The fraction of sp³-hybridized carbons (Fsp3) is 0.381. The molecule has 0 aliphatic heterocycles. The summed E-state index contributed by atoms with van der Waals surface area (Å²) in [6, 6.07) is 8.32. The first kappa shape index (κ1) is 22.6. The minimum absolute atomic E-state index is 0.180. The summed E-state index contributed by atoms with van der Waals surface area (Å²) < 4.78 is 9.56. The first-order chi connectivity index (χ1) is 13.8. The van der Waals surface area contributed by atoms with Crippen molar-refractivity contribution in [1.29, 1.82) is 0 Å². The molecule has 0 aliphatic rings. The van der Waals surface area contributed by atoms with Crippen LogP contribution in [0.2, 0.25) is 0 Å². The Morgan fingerprint density at radius 3 is 2.17 bits per heavy atom. The second-order valence-corrected chi connectivity index (χ2v) is 7.79. The Hall–Kier alpha value is -2.71. The van der Waals surface area contributed by atoms with Crippen molar-refractivity contribution in [1.82, 2.24) is 0 Å². The molecular formula is C21H27N2O5S+. The molecule has 1 aromatic carbocycles. The molecule has 29 heavy (non-hydrogen) atoms. The molecule has 2 rings (SSSR count). The van der Waals surface area contributed by atoms with Crippen molar-refractivity contribution < 1.29 is 28.8 Å². The Labute approximate surface area is 174 Å². The number of thiophene rings is 1. The molecule has 2 aromatic rings. The number of benzene rings is 1. The van der Waals surface area contributed by atoms with E-state index >= 15 is 0 Å². The van der Waals surface area contributed by atoms with Crippen LogP contribution in [0.1, 0.15) is 43.6 Å². The maximum Gasteiger partial charge on any atom is 0.348 e. The highest BCUT2D eigenvalue weighted by Gasteiger charge is 2.27. The zero-order chi connectivity index (χ0) is 21.6. The van der Waals surface area contributed by atoms with Gasteiger partial charge in [0.15, 0.2) is 6.54 Å². The van der Waals surface area contributed by atoms with Crippen molar-refractivity contribution in [2.45, 2.75) is 26.8 Å². The summed E-state index contributed by atoms with van der Waals surface area (Å²) >= 11 is 1.01. The van der Waals surface area contributed by atoms with Gasteiger partial charge in [-0.05, 0) is 24.5 Å². The van der Waals surface area contributed by atoms with Crippen LogP contribution in [0.15, 0.2) is 24.3 Å². The second-order valence-electron chi connectivity index (χ2n) is 6.77. The molecule has 0 spiro atoms. The zero-order valence-electron chi connectivity index (χ0n) is 17.4. The van der Waals surface area contributed by atoms with E-state index < -0.39 is 11.9 Å². The minimum Gasteiger partial charge on any atom is -0.465 e. The largest absolute Gasteiger partial charge is 0.465 e. The third kappa shape index (κ3) is 5.65. The van der Waals surface area contributed by atoms with Crippen molar-refractivity contribution in [3.05, 3.63) is 51.4 Å². The standard InChI is InChI=1S/C21H26N2O5S/c1-6-14-7-9-15(10-8-14)11-23(3)12-16(24)22-19-17(20(25)27-4)13(2)18(29-19)21(26)28-5/h7-10H,6,11-12H2,1-5H3,(H,22,24)/p+1. The lowest BCUT2D eigenvalue weighted by molar-refractivity contribution is -0.885. The lowest BCUT2D eigenvalue weighted by Crippen LogP contribution is -3.08. The number of quaternary nitrogens is 1. The van der Waals surface area contributed by atoms with Gasteiger partial charge in [-0.25, -0.2) is 9.59 Å². The van der Waals surface area contributed by atoms with Crippen molar-refractivity contribution in [2.24, 2.45) is 0 Å². The van der Waals surface area contributed by atoms with E-state index in [1.165, 1.54) is 19.8 Å². The fourth-order valence-corrected chi connectivity index (χ4v) is 4.11. The molecule has 1 heterocycles. The molecule has 0 saturated carbocycles. The predicted octanol–water partition coefficient (Wildman–Crippen LogP) is 1.85. The van der Waals surface area contributed by atoms with Gasteiger partial charge in [-0.2, -0.15) is 0 Å². The molecular weight excluding hydrogens is 392 g/mol. The van der Waals surface area contributed by atoms with Gasteiger partial charge in [-0.15, -0.1) is 11.3 Å². The van der Waals surface area contributed by atoms with Crippen molar-refractivity contribution >= 4 is 34.2 Å². The molecule has 8 heteroatoms. The molecule has 7 nitrogen and oxygen atoms in total. The van der Waals surface area contributed by atoms with Crippen LogP contribution in [0, 0.1) is 6.92 Å². The van der Waals surface area contributed by atoms with Crippen LogP contribution in [-0.2, 0) is 27.2 Å². The molecule has 1 aromatic heterocycles. The second kappa shape index (κ2) is 10.2. The number of hydrogen-bond acceptors (Lipinski definition) is 6. The summed E-state index contributed by atoms with van der Waals surface area (Å²) in [7, 11) is 4.45. The smallest absolute Gasteiger partial charge is 0.348 e. The summed E-state index contributed by atoms with van der Waals surface area (Å²) in [5, 5.41) is 3.04. The molecule has 1 unspecified atom stereocenters. The van der Waals surface area contributed by atoms with E-state index in [4.69, 9.17) is 9.47 Å². The number of likely N-dealkylation sites (N-methyl/N-ethyl adjacent to an activating group) is 1. The van der Waals surface area contributed by atoms with Gasteiger partial charge in [0.25, 0.3) is 5.91 Å². The molecule has 1 atom stereocenters. The molecule has 0 fully saturated rings. The van der Waals surface area contributed by atoms with Crippen LogP contribution in [0.3, 0.4) is 0 Å². The fourth-order valence-electron chi connectivity index (χ4n) is 2.99. The molecule has 1 amide bonds. The Bertz CT molecular complexity index is 889. The summed E-state index contributed by atoms with van der Waals surface area (Å²) in [5.41, 5.74) is 3.02. The van der Waals surface area contributed by atoms with Gasteiger partial charge in [0.05, 0.1) is 26.8 Å². The number of anilines is 1. The zero-order valence-corrected chi connectivity index (χ0v) is 18.2. The highest BCUT2D eigenvalue weighted by Crippen LogP contribution is 2.34. The minimum atomic E-state index is -0.610. The summed E-state index contributed by atoms with van der Waals surface area (Å²) in [6.45, 7) is 4.64. The number of aryl methyl sites for hydroxylation is 1.